The molecule has 3 aromatic rings. The number of nitrogens with zero attached hydrogens (tertiary/aromatic N) is 3. The molecule has 0 aliphatic rings. The molecular formula is C21H24Cl2N6O3. The number of hydrogen-bond donors (Lipinski definition) is 4. The second-order valence-electron chi connectivity index (χ2n) is 7.90. The number of carbonyl (C=O) groups is 1. The molecule has 0 saturated carbocycles. The maximum absolute atomic E-state index is 12.8. The van der Waals surface area contributed by atoms with Crippen LogP contribution in [0, 0.1) is 11.8 Å². The topological polar surface area (TPSA) is 125 Å². The smallest absolute Gasteiger partial charge is 0.267 e. The molecule has 0 aliphatic heterocycles. The van der Waals surface area contributed by atoms with Crippen LogP contribution < -0.4 is 15.4 Å². The molecule has 0 fully saturated rings. The van der Waals surface area contributed by atoms with Crippen molar-refractivity contribution in [2.24, 2.45) is 11.8 Å². The zero-order chi connectivity index (χ0) is 23.4. The van der Waals surface area contributed by atoms with Gasteiger partial charge >= 0.3 is 0 Å². The largest absolute Gasteiger partial charge is 0.507 e. The Morgan fingerprint density at radius 2 is 1.75 bits per heavy atom. The fourth-order valence-electron chi connectivity index (χ4n) is 3.28. The zero-order valence-electron chi connectivity index (χ0n) is 18.0. The molecule has 1 amide bonds. The van der Waals surface area contributed by atoms with Crippen molar-refractivity contribution >= 4 is 40.7 Å². The third-order valence-electron chi connectivity index (χ3n) is 4.77. The number of aromatic nitrogens is 4. The van der Waals surface area contributed by atoms with Crippen LogP contribution in [0.25, 0.3) is 0 Å². The van der Waals surface area contributed by atoms with E-state index in [-0.39, 0.29) is 50.9 Å². The van der Waals surface area contributed by atoms with E-state index in [9.17, 15) is 9.90 Å². The number of rotatable bonds is 8. The number of carbonyl (C=O) groups excluding carboxylic acids is 1. The first-order valence-corrected chi connectivity index (χ1v) is 10.7. The van der Waals surface area contributed by atoms with E-state index in [2.05, 4.69) is 31.3 Å². The molecule has 170 valence electrons. The van der Waals surface area contributed by atoms with Crippen molar-refractivity contribution < 1.29 is 14.6 Å². The van der Waals surface area contributed by atoms with E-state index < -0.39 is 5.91 Å². The highest BCUT2D eigenvalue weighted by molar-refractivity contribution is 6.37. The number of phenols is 1. The number of halogens is 2. The van der Waals surface area contributed by atoms with Crippen molar-refractivity contribution in [3.63, 3.8) is 0 Å². The van der Waals surface area contributed by atoms with Gasteiger partial charge in [-0.2, -0.15) is 5.21 Å². The van der Waals surface area contributed by atoms with Crippen LogP contribution in [-0.4, -0.2) is 37.7 Å². The second kappa shape index (κ2) is 10.1. The molecule has 0 radical (unpaired) electrons. The Morgan fingerprint density at radius 1 is 1.09 bits per heavy atom. The van der Waals surface area contributed by atoms with Crippen LogP contribution in [0.3, 0.4) is 0 Å². The Hall–Kier alpha value is -3.04. The molecule has 9 nitrogen and oxygen atoms in total. The molecule has 1 aromatic heterocycles. The standard InChI is InChI=1S/C21H24Cl2N6O3/c1-10(2)18(11(3)4)25-20(31)14-9-13(5-6-17(14)30)32-19-15(22)7-12(8-16(19)23)24-21-26-28-29-27-21/h5-11,18,30H,1-4H3,(H,25,31)(H2,24,26,27,28,29). The van der Waals surface area contributed by atoms with Crippen LogP contribution in [-0.2, 0) is 0 Å². The number of phenolic OH excluding ortho intramolecular Hbond substituents is 1. The summed E-state index contributed by atoms with van der Waals surface area (Å²) in [5.41, 5.74) is 0.629. The number of benzene rings is 2. The van der Waals surface area contributed by atoms with Gasteiger partial charge < -0.3 is 20.5 Å². The summed E-state index contributed by atoms with van der Waals surface area (Å²) in [4.78, 5) is 12.8. The summed E-state index contributed by atoms with van der Waals surface area (Å²) < 4.78 is 5.84. The van der Waals surface area contributed by atoms with E-state index in [0.29, 0.717) is 11.4 Å². The van der Waals surface area contributed by atoms with E-state index in [1.807, 2.05) is 27.7 Å². The lowest BCUT2D eigenvalue weighted by atomic mass is 9.93. The summed E-state index contributed by atoms with van der Waals surface area (Å²) in [5, 5.41) is 30.0. The van der Waals surface area contributed by atoms with Crippen LogP contribution in [0.4, 0.5) is 11.6 Å². The van der Waals surface area contributed by atoms with Gasteiger partial charge in [-0.15, -0.1) is 5.10 Å². The summed E-state index contributed by atoms with van der Waals surface area (Å²) in [6, 6.07) is 7.48. The summed E-state index contributed by atoms with van der Waals surface area (Å²) in [6.45, 7) is 8.13. The minimum Gasteiger partial charge on any atom is -0.507 e. The molecular weight excluding hydrogens is 455 g/mol. The summed E-state index contributed by atoms with van der Waals surface area (Å²) in [7, 11) is 0. The van der Waals surface area contributed by atoms with Crippen molar-refractivity contribution in [1.82, 2.24) is 25.9 Å². The van der Waals surface area contributed by atoms with Crippen molar-refractivity contribution in [1.29, 1.82) is 0 Å². The van der Waals surface area contributed by atoms with E-state index in [0.717, 1.165) is 0 Å². The Kier molecular flexibility index (Phi) is 7.42. The Labute approximate surface area is 195 Å². The predicted octanol–water partition coefficient (Wildman–Crippen LogP) is 5.16. The van der Waals surface area contributed by atoms with Crippen molar-refractivity contribution in [2.45, 2.75) is 33.7 Å². The van der Waals surface area contributed by atoms with Crippen LogP contribution in [0.1, 0.15) is 38.1 Å². The molecule has 0 spiro atoms. The highest BCUT2D eigenvalue weighted by Crippen LogP contribution is 2.40. The normalized spacial score (nSPS) is 11.3. The Bertz CT molecular complexity index is 1060. The van der Waals surface area contributed by atoms with Crippen LogP contribution in [0.15, 0.2) is 30.3 Å². The van der Waals surface area contributed by atoms with Crippen LogP contribution in [0.5, 0.6) is 17.2 Å². The third kappa shape index (κ3) is 5.60. The number of aromatic hydroxyl groups is 1. The molecule has 0 atom stereocenters. The molecule has 1 heterocycles. The molecule has 11 heteroatoms. The maximum Gasteiger partial charge on any atom is 0.267 e. The molecule has 2 aromatic carbocycles. The molecule has 0 unspecified atom stereocenters. The summed E-state index contributed by atoms with van der Waals surface area (Å²) in [6.07, 6.45) is 0. The highest BCUT2D eigenvalue weighted by atomic mass is 35.5. The average molecular weight is 479 g/mol. The highest BCUT2D eigenvalue weighted by Gasteiger charge is 2.22. The minimum absolute atomic E-state index is 0.0467. The third-order valence-corrected chi connectivity index (χ3v) is 5.33. The van der Waals surface area contributed by atoms with Gasteiger partial charge in [0.05, 0.1) is 15.6 Å². The molecule has 32 heavy (non-hydrogen) atoms. The quantitative estimate of drug-likeness (QED) is 0.352. The van der Waals surface area contributed by atoms with Gasteiger partial charge in [-0.05, 0) is 47.4 Å². The zero-order valence-corrected chi connectivity index (χ0v) is 19.5. The van der Waals surface area contributed by atoms with Gasteiger partial charge in [0.2, 0.25) is 0 Å². The molecule has 4 N–H and O–H groups in total. The number of anilines is 2. The number of nitrogens with one attached hydrogen (secondary N) is 3. The maximum atomic E-state index is 12.8. The van der Waals surface area contributed by atoms with Gasteiger partial charge in [0, 0.05) is 11.7 Å². The number of amides is 1. The molecule has 0 saturated heterocycles. The van der Waals surface area contributed by atoms with Crippen LogP contribution in [0.2, 0.25) is 10.0 Å². The van der Waals surface area contributed by atoms with Gasteiger partial charge in [-0.3, -0.25) is 4.79 Å². The minimum atomic E-state index is -0.391. The molecule has 0 aliphatic carbocycles. The van der Waals surface area contributed by atoms with Gasteiger partial charge in [-0.25, -0.2) is 0 Å². The molecule has 0 bridgehead atoms. The van der Waals surface area contributed by atoms with E-state index in [4.69, 9.17) is 27.9 Å². The molecule has 3 rings (SSSR count). The van der Waals surface area contributed by atoms with Crippen molar-refractivity contribution in [2.75, 3.05) is 5.32 Å². The first-order chi connectivity index (χ1) is 15.2. The Balaban J connectivity index is 1.82. The lowest BCUT2D eigenvalue weighted by Gasteiger charge is -2.26. The predicted molar refractivity (Wildman–Crippen MR) is 123 cm³/mol. The Morgan fingerprint density at radius 3 is 2.31 bits per heavy atom. The number of ether oxygens (including phenoxy) is 1. The monoisotopic (exact) mass is 478 g/mol. The number of hydrogen-bond acceptors (Lipinski definition) is 7. The summed E-state index contributed by atoms with van der Waals surface area (Å²) in [5.74, 6) is 0.666. The lowest BCUT2D eigenvalue weighted by Crippen LogP contribution is -2.42. The summed E-state index contributed by atoms with van der Waals surface area (Å²) >= 11 is 12.7. The number of tetrazole rings is 1. The van der Waals surface area contributed by atoms with E-state index >= 15 is 0 Å². The van der Waals surface area contributed by atoms with E-state index in [1.165, 1.54) is 18.2 Å². The van der Waals surface area contributed by atoms with E-state index in [1.54, 1.807) is 12.1 Å². The fourth-order valence-corrected chi connectivity index (χ4v) is 3.85. The van der Waals surface area contributed by atoms with Gasteiger partial charge in [-0.1, -0.05) is 56.0 Å². The number of aromatic amines is 1. The first-order valence-electron chi connectivity index (χ1n) is 9.97. The lowest BCUT2D eigenvalue weighted by molar-refractivity contribution is 0.0907. The first kappa shape index (κ1) is 23.6. The van der Waals surface area contributed by atoms with Gasteiger partial charge in [0.25, 0.3) is 11.9 Å². The number of H-pyrrole nitrogens is 1. The fraction of sp³-hybridized carbons (Fsp3) is 0.333. The van der Waals surface area contributed by atoms with Gasteiger partial charge in [0.1, 0.15) is 11.5 Å². The van der Waals surface area contributed by atoms with Crippen LogP contribution >= 0.6 is 23.2 Å². The van der Waals surface area contributed by atoms with Gasteiger partial charge in [0.15, 0.2) is 5.75 Å². The second-order valence-corrected chi connectivity index (χ2v) is 8.71. The van der Waals surface area contributed by atoms with Crippen molar-refractivity contribution in [3.8, 4) is 17.2 Å². The average Bonchev–Trinajstić information content (AvgIpc) is 3.22. The van der Waals surface area contributed by atoms with Crippen molar-refractivity contribution in [3.05, 3.63) is 45.9 Å². The SMILES string of the molecule is CC(C)C(NC(=O)c1cc(Oc2c(Cl)cc(Nc3nn[nH]n3)cc2Cl)ccc1O)C(C)C.